The summed E-state index contributed by atoms with van der Waals surface area (Å²) in [5.41, 5.74) is 2.54. The minimum atomic E-state index is -0.0603. The lowest BCUT2D eigenvalue weighted by atomic mass is 9.90. The molecular formula is C13H19NO. The molecule has 2 N–H and O–H groups in total. The third-order valence-corrected chi connectivity index (χ3v) is 3.30. The normalized spacial score (nSPS) is 25.7. The van der Waals surface area contributed by atoms with E-state index in [-0.39, 0.29) is 12.1 Å². The largest absolute Gasteiger partial charge is 0.394 e. The summed E-state index contributed by atoms with van der Waals surface area (Å²) in [6.45, 7) is 3.37. The third kappa shape index (κ3) is 2.39. The number of nitrogens with one attached hydrogen (secondary N) is 1. The molecule has 0 saturated carbocycles. The van der Waals surface area contributed by atoms with E-state index in [0.29, 0.717) is 0 Å². The van der Waals surface area contributed by atoms with Crippen molar-refractivity contribution in [1.29, 1.82) is 0 Å². The van der Waals surface area contributed by atoms with Gasteiger partial charge >= 0.3 is 0 Å². The van der Waals surface area contributed by atoms with E-state index >= 15 is 0 Å². The quantitative estimate of drug-likeness (QED) is 0.786. The van der Waals surface area contributed by atoms with Crippen LogP contribution in [0.4, 0.5) is 0 Å². The fourth-order valence-electron chi connectivity index (χ4n) is 2.31. The Morgan fingerprint density at radius 2 is 2.07 bits per heavy atom. The smallest absolute Gasteiger partial charge is 0.0616 e. The van der Waals surface area contributed by atoms with E-state index in [1.165, 1.54) is 17.5 Å². The number of aliphatic hydroxyl groups excluding tert-OH is 1. The van der Waals surface area contributed by atoms with Crippen LogP contribution < -0.4 is 5.32 Å². The van der Waals surface area contributed by atoms with E-state index in [9.17, 15) is 5.11 Å². The van der Waals surface area contributed by atoms with Crippen LogP contribution in [0.1, 0.15) is 24.0 Å². The number of benzene rings is 1. The average Bonchev–Trinajstić information content (AvgIpc) is 2.71. The van der Waals surface area contributed by atoms with Crippen LogP contribution in [0.2, 0.25) is 0 Å². The molecule has 1 heterocycles. The molecule has 1 aliphatic rings. The molecular weight excluding hydrogens is 186 g/mol. The third-order valence-electron chi connectivity index (χ3n) is 3.30. The van der Waals surface area contributed by atoms with E-state index in [0.717, 1.165) is 19.4 Å². The standard InChI is InChI=1S/C13H19NO/c1-11-3-5-12(6-4-11)9-13(10-15)7-2-8-14-13/h3-6,14-15H,2,7-10H2,1H3. The predicted octanol–water partition coefficient (Wildman–Crippen LogP) is 1.65. The number of aryl methyl sites for hydroxylation is 1. The second-order valence-electron chi connectivity index (χ2n) is 4.63. The number of aliphatic hydroxyl groups is 1. The molecule has 1 aromatic rings. The molecule has 1 unspecified atom stereocenters. The maximum absolute atomic E-state index is 9.47. The SMILES string of the molecule is Cc1ccc(CC2(CO)CCCN2)cc1. The molecule has 0 aliphatic carbocycles. The van der Waals surface area contributed by atoms with Crippen molar-refractivity contribution in [2.75, 3.05) is 13.2 Å². The van der Waals surface area contributed by atoms with Crippen molar-refractivity contribution in [2.45, 2.75) is 31.7 Å². The van der Waals surface area contributed by atoms with Gasteiger partial charge in [0, 0.05) is 5.54 Å². The van der Waals surface area contributed by atoms with Crippen molar-refractivity contribution in [1.82, 2.24) is 5.32 Å². The molecule has 0 amide bonds. The molecule has 2 nitrogen and oxygen atoms in total. The van der Waals surface area contributed by atoms with Crippen LogP contribution in [-0.4, -0.2) is 23.8 Å². The Hall–Kier alpha value is -0.860. The van der Waals surface area contributed by atoms with Crippen LogP contribution in [0.25, 0.3) is 0 Å². The van der Waals surface area contributed by atoms with Gasteiger partial charge in [-0.3, -0.25) is 0 Å². The van der Waals surface area contributed by atoms with Gasteiger partial charge in [0.2, 0.25) is 0 Å². The van der Waals surface area contributed by atoms with Crippen LogP contribution in [0.5, 0.6) is 0 Å². The van der Waals surface area contributed by atoms with Crippen molar-refractivity contribution in [2.24, 2.45) is 0 Å². The topological polar surface area (TPSA) is 32.3 Å². The zero-order valence-electron chi connectivity index (χ0n) is 9.29. The second-order valence-corrected chi connectivity index (χ2v) is 4.63. The summed E-state index contributed by atoms with van der Waals surface area (Å²) in [5.74, 6) is 0. The Morgan fingerprint density at radius 1 is 1.33 bits per heavy atom. The van der Waals surface area contributed by atoms with Gasteiger partial charge in [0.15, 0.2) is 0 Å². The van der Waals surface area contributed by atoms with Crippen LogP contribution in [0.15, 0.2) is 24.3 Å². The Bertz CT molecular complexity index is 312. The highest BCUT2D eigenvalue weighted by Gasteiger charge is 2.32. The highest BCUT2D eigenvalue weighted by atomic mass is 16.3. The fraction of sp³-hybridized carbons (Fsp3) is 0.538. The lowest BCUT2D eigenvalue weighted by molar-refractivity contribution is 0.177. The minimum Gasteiger partial charge on any atom is -0.394 e. The highest BCUT2D eigenvalue weighted by Crippen LogP contribution is 2.23. The van der Waals surface area contributed by atoms with Crippen molar-refractivity contribution in [3.8, 4) is 0 Å². The van der Waals surface area contributed by atoms with Crippen LogP contribution in [0.3, 0.4) is 0 Å². The Labute approximate surface area is 91.3 Å². The zero-order valence-corrected chi connectivity index (χ0v) is 9.29. The molecule has 1 aromatic carbocycles. The minimum absolute atomic E-state index is 0.0603. The van der Waals surface area contributed by atoms with Gasteiger partial charge in [-0.05, 0) is 38.3 Å². The maximum Gasteiger partial charge on any atom is 0.0616 e. The zero-order chi connectivity index (χ0) is 10.7. The molecule has 15 heavy (non-hydrogen) atoms. The molecule has 1 fully saturated rings. The summed E-state index contributed by atoms with van der Waals surface area (Å²) < 4.78 is 0. The summed E-state index contributed by atoms with van der Waals surface area (Å²) >= 11 is 0. The molecule has 2 rings (SSSR count). The van der Waals surface area contributed by atoms with Crippen molar-refractivity contribution < 1.29 is 5.11 Å². The van der Waals surface area contributed by atoms with E-state index in [1.807, 2.05) is 0 Å². The monoisotopic (exact) mass is 205 g/mol. The number of hydrogen-bond acceptors (Lipinski definition) is 2. The fourth-order valence-corrected chi connectivity index (χ4v) is 2.31. The lowest BCUT2D eigenvalue weighted by Gasteiger charge is -2.27. The molecule has 2 heteroatoms. The molecule has 82 valence electrons. The molecule has 1 atom stereocenters. The van der Waals surface area contributed by atoms with Gasteiger partial charge in [-0.2, -0.15) is 0 Å². The first-order valence-electron chi connectivity index (χ1n) is 5.66. The summed E-state index contributed by atoms with van der Waals surface area (Å²) in [4.78, 5) is 0. The summed E-state index contributed by atoms with van der Waals surface area (Å²) in [7, 11) is 0. The molecule has 1 saturated heterocycles. The first-order valence-corrected chi connectivity index (χ1v) is 5.66. The maximum atomic E-state index is 9.47. The van der Waals surface area contributed by atoms with Gasteiger partial charge in [0.05, 0.1) is 6.61 Å². The summed E-state index contributed by atoms with van der Waals surface area (Å²) in [6.07, 6.45) is 3.19. The van der Waals surface area contributed by atoms with E-state index in [2.05, 4.69) is 36.5 Å². The summed E-state index contributed by atoms with van der Waals surface area (Å²) in [6, 6.07) is 8.59. The van der Waals surface area contributed by atoms with E-state index in [1.54, 1.807) is 0 Å². The summed E-state index contributed by atoms with van der Waals surface area (Å²) in [5, 5.41) is 12.9. The lowest BCUT2D eigenvalue weighted by Crippen LogP contribution is -2.45. The highest BCUT2D eigenvalue weighted by molar-refractivity contribution is 5.23. The van der Waals surface area contributed by atoms with Crippen LogP contribution >= 0.6 is 0 Å². The van der Waals surface area contributed by atoms with Gasteiger partial charge < -0.3 is 10.4 Å². The Balaban J connectivity index is 2.09. The van der Waals surface area contributed by atoms with Crippen LogP contribution in [-0.2, 0) is 6.42 Å². The van der Waals surface area contributed by atoms with Gasteiger partial charge in [0.25, 0.3) is 0 Å². The Kier molecular flexibility index (Phi) is 3.08. The predicted molar refractivity (Wildman–Crippen MR) is 61.9 cm³/mol. The molecule has 0 aromatic heterocycles. The van der Waals surface area contributed by atoms with Gasteiger partial charge in [0.1, 0.15) is 0 Å². The second kappa shape index (κ2) is 4.33. The first-order chi connectivity index (χ1) is 7.24. The molecule has 1 aliphatic heterocycles. The number of hydrogen-bond donors (Lipinski definition) is 2. The van der Waals surface area contributed by atoms with Crippen LogP contribution in [0, 0.1) is 6.92 Å². The Morgan fingerprint density at radius 3 is 2.60 bits per heavy atom. The van der Waals surface area contributed by atoms with Crippen molar-refractivity contribution in [3.05, 3.63) is 35.4 Å². The molecule has 0 bridgehead atoms. The molecule has 0 radical (unpaired) electrons. The van der Waals surface area contributed by atoms with Crippen molar-refractivity contribution in [3.63, 3.8) is 0 Å². The molecule has 0 spiro atoms. The van der Waals surface area contributed by atoms with Gasteiger partial charge in [-0.25, -0.2) is 0 Å². The van der Waals surface area contributed by atoms with E-state index < -0.39 is 0 Å². The average molecular weight is 205 g/mol. The first kappa shape index (κ1) is 10.7. The van der Waals surface area contributed by atoms with Gasteiger partial charge in [-0.15, -0.1) is 0 Å². The van der Waals surface area contributed by atoms with E-state index in [4.69, 9.17) is 0 Å². The van der Waals surface area contributed by atoms with Gasteiger partial charge in [-0.1, -0.05) is 29.8 Å². The number of rotatable bonds is 3. The van der Waals surface area contributed by atoms with Crippen molar-refractivity contribution >= 4 is 0 Å².